The first-order valence-corrected chi connectivity index (χ1v) is 11.1. The third-order valence-electron chi connectivity index (χ3n) is 5.46. The largest absolute Gasteiger partial charge is 0.383 e. The van der Waals surface area contributed by atoms with E-state index in [2.05, 4.69) is 76.4 Å². The minimum absolute atomic E-state index is 0.534. The van der Waals surface area contributed by atoms with Crippen molar-refractivity contribution in [1.82, 2.24) is 0 Å². The molecule has 4 unspecified atom stereocenters. The van der Waals surface area contributed by atoms with Gasteiger partial charge in [-0.15, -0.1) is 0 Å². The standard InChI is InChI=1S/C24H44N2/c1-7-9-19(3)11-13-21(5)25-23-15-17-24(18-16-23)26-22(6)14-12-20(4)10-8-2/h15-22,25-26H,7-14H2,1-6H3. The van der Waals surface area contributed by atoms with Crippen LogP contribution in [0.3, 0.4) is 0 Å². The van der Waals surface area contributed by atoms with Gasteiger partial charge in [-0.25, -0.2) is 0 Å². The SMILES string of the molecule is CCCC(C)CCC(C)Nc1ccc(NC(C)CCC(C)CCC)cc1. The van der Waals surface area contributed by atoms with E-state index in [9.17, 15) is 0 Å². The van der Waals surface area contributed by atoms with Crippen LogP contribution in [0.4, 0.5) is 11.4 Å². The summed E-state index contributed by atoms with van der Waals surface area (Å²) in [7, 11) is 0. The van der Waals surface area contributed by atoms with E-state index in [4.69, 9.17) is 0 Å². The summed E-state index contributed by atoms with van der Waals surface area (Å²) in [6.45, 7) is 13.9. The Morgan fingerprint density at radius 3 is 1.23 bits per heavy atom. The van der Waals surface area contributed by atoms with E-state index in [-0.39, 0.29) is 0 Å². The van der Waals surface area contributed by atoms with E-state index in [1.807, 2.05) is 0 Å². The highest BCUT2D eigenvalue weighted by atomic mass is 14.9. The fourth-order valence-corrected chi connectivity index (χ4v) is 3.72. The van der Waals surface area contributed by atoms with Crippen LogP contribution in [0.1, 0.15) is 92.9 Å². The van der Waals surface area contributed by atoms with Crippen molar-refractivity contribution in [3.8, 4) is 0 Å². The molecule has 0 saturated heterocycles. The zero-order valence-electron chi connectivity index (χ0n) is 18.3. The molecule has 0 aromatic heterocycles. The normalized spacial score (nSPS) is 15.9. The van der Waals surface area contributed by atoms with Gasteiger partial charge in [0.05, 0.1) is 0 Å². The first kappa shape index (κ1) is 22.9. The highest BCUT2D eigenvalue weighted by molar-refractivity contribution is 5.54. The fourth-order valence-electron chi connectivity index (χ4n) is 3.72. The molecule has 4 atom stereocenters. The highest BCUT2D eigenvalue weighted by Crippen LogP contribution is 2.20. The Balaban J connectivity index is 2.33. The molecule has 1 aromatic rings. The van der Waals surface area contributed by atoms with Crippen LogP contribution < -0.4 is 10.6 Å². The molecule has 0 heterocycles. The van der Waals surface area contributed by atoms with Gasteiger partial charge in [-0.2, -0.15) is 0 Å². The van der Waals surface area contributed by atoms with Crippen LogP contribution in [0.15, 0.2) is 24.3 Å². The van der Waals surface area contributed by atoms with Gasteiger partial charge in [0.1, 0.15) is 0 Å². The molecule has 26 heavy (non-hydrogen) atoms. The Morgan fingerprint density at radius 1 is 0.577 bits per heavy atom. The quantitative estimate of drug-likeness (QED) is 0.355. The number of hydrogen-bond donors (Lipinski definition) is 2. The minimum atomic E-state index is 0.534. The Hall–Kier alpha value is -1.18. The Bertz CT molecular complexity index is 411. The van der Waals surface area contributed by atoms with Crippen LogP contribution in [-0.2, 0) is 0 Å². The molecule has 2 N–H and O–H groups in total. The van der Waals surface area contributed by atoms with E-state index in [0.717, 1.165) is 11.8 Å². The summed E-state index contributed by atoms with van der Waals surface area (Å²) in [5.74, 6) is 1.69. The third-order valence-corrected chi connectivity index (χ3v) is 5.46. The van der Waals surface area contributed by atoms with E-state index in [0.29, 0.717) is 12.1 Å². The predicted molar refractivity (Wildman–Crippen MR) is 119 cm³/mol. The van der Waals surface area contributed by atoms with E-state index >= 15 is 0 Å². The van der Waals surface area contributed by atoms with E-state index < -0.39 is 0 Å². The lowest BCUT2D eigenvalue weighted by molar-refractivity contribution is 0.455. The molecule has 0 aliphatic rings. The molecule has 0 saturated carbocycles. The Labute approximate surface area is 163 Å². The lowest BCUT2D eigenvalue weighted by Gasteiger charge is -2.19. The minimum Gasteiger partial charge on any atom is -0.383 e. The average molecular weight is 361 g/mol. The van der Waals surface area contributed by atoms with Crippen molar-refractivity contribution in [2.45, 2.75) is 105 Å². The lowest BCUT2D eigenvalue weighted by atomic mass is 9.98. The molecular formula is C24H44N2. The van der Waals surface area contributed by atoms with Gasteiger partial charge >= 0.3 is 0 Å². The lowest BCUT2D eigenvalue weighted by Crippen LogP contribution is -2.17. The zero-order chi connectivity index (χ0) is 19.4. The number of anilines is 2. The van der Waals surface area contributed by atoms with Gasteiger partial charge in [0.2, 0.25) is 0 Å². The molecule has 1 rings (SSSR count). The molecule has 0 amide bonds. The maximum absolute atomic E-state index is 3.65. The van der Waals surface area contributed by atoms with Crippen LogP contribution >= 0.6 is 0 Å². The smallest absolute Gasteiger partial charge is 0.0343 e. The molecule has 0 aliphatic carbocycles. The summed E-state index contributed by atoms with van der Waals surface area (Å²) in [4.78, 5) is 0. The van der Waals surface area contributed by atoms with Crippen molar-refractivity contribution in [2.75, 3.05) is 10.6 Å². The molecular weight excluding hydrogens is 316 g/mol. The highest BCUT2D eigenvalue weighted by Gasteiger charge is 2.08. The van der Waals surface area contributed by atoms with Gasteiger partial charge in [-0.1, -0.05) is 53.4 Å². The average Bonchev–Trinajstić information content (AvgIpc) is 2.60. The van der Waals surface area contributed by atoms with Gasteiger partial charge < -0.3 is 10.6 Å². The van der Waals surface area contributed by atoms with Gasteiger partial charge in [0, 0.05) is 23.5 Å². The van der Waals surface area contributed by atoms with Gasteiger partial charge in [-0.05, 0) is 75.6 Å². The summed E-state index contributed by atoms with van der Waals surface area (Å²) in [5.41, 5.74) is 2.46. The van der Waals surface area contributed by atoms with Crippen molar-refractivity contribution >= 4 is 11.4 Å². The van der Waals surface area contributed by atoms with Crippen LogP contribution in [0.2, 0.25) is 0 Å². The van der Waals surface area contributed by atoms with Crippen molar-refractivity contribution in [1.29, 1.82) is 0 Å². The second kappa shape index (κ2) is 13.1. The summed E-state index contributed by atoms with van der Waals surface area (Å²) >= 11 is 0. The summed E-state index contributed by atoms with van der Waals surface area (Å²) < 4.78 is 0. The molecule has 0 radical (unpaired) electrons. The van der Waals surface area contributed by atoms with Crippen molar-refractivity contribution in [2.24, 2.45) is 11.8 Å². The number of hydrogen-bond acceptors (Lipinski definition) is 2. The Morgan fingerprint density at radius 2 is 0.923 bits per heavy atom. The first-order chi connectivity index (χ1) is 12.4. The van der Waals surface area contributed by atoms with Crippen molar-refractivity contribution in [3.05, 3.63) is 24.3 Å². The second-order valence-corrected chi connectivity index (χ2v) is 8.61. The molecule has 0 aliphatic heterocycles. The topological polar surface area (TPSA) is 24.1 Å². The molecule has 0 spiro atoms. The summed E-state index contributed by atoms with van der Waals surface area (Å²) in [6.07, 6.45) is 10.4. The van der Waals surface area contributed by atoms with Crippen LogP contribution in [-0.4, -0.2) is 12.1 Å². The van der Waals surface area contributed by atoms with E-state index in [1.165, 1.54) is 62.7 Å². The molecule has 0 bridgehead atoms. The van der Waals surface area contributed by atoms with Gasteiger partial charge in [0.25, 0.3) is 0 Å². The summed E-state index contributed by atoms with van der Waals surface area (Å²) in [5, 5.41) is 7.29. The first-order valence-electron chi connectivity index (χ1n) is 11.1. The van der Waals surface area contributed by atoms with Crippen LogP contribution in [0.25, 0.3) is 0 Å². The van der Waals surface area contributed by atoms with Crippen molar-refractivity contribution in [3.63, 3.8) is 0 Å². The summed E-state index contributed by atoms with van der Waals surface area (Å²) in [6, 6.07) is 9.90. The molecule has 0 fully saturated rings. The van der Waals surface area contributed by atoms with Gasteiger partial charge in [0.15, 0.2) is 0 Å². The van der Waals surface area contributed by atoms with Crippen LogP contribution in [0, 0.1) is 11.8 Å². The fraction of sp³-hybridized carbons (Fsp3) is 0.750. The third kappa shape index (κ3) is 10.1. The molecule has 2 heteroatoms. The number of nitrogens with one attached hydrogen (secondary N) is 2. The maximum atomic E-state index is 3.65. The van der Waals surface area contributed by atoms with Crippen molar-refractivity contribution < 1.29 is 0 Å². The zero-order valence-corrected chi connectivity index (χ0v) is 18.3. The van der Waals surface area contributed by atoms with Gasteiger partial charge in [-0.3, -0.25) is 0 Å². The maximum Gasteiger partial charge on any atom is 0.0343 e. The predicted octanol–water partition coefficient (Wildman–Crippen LogP) is 7.72. The molecule has 2 nitrogen and oxygen atoms in total. The molecule has 150 valence electrons. The number of benzene rings is 1. The Kier molecular flexibility index (Phi) is 11.5. The monoisotopic (exact) mass is 360 g/mol. The molecule has 1 aromatic carbocycles. The number of rotatable bonds is 14. The second-order valence-electron chi connectivity index (χ2n) is 8.61. The van der Waals surface area contributed by atoms with Crippen LogP contribution in [0.5, 0.6) is 0 Å². The van der Waals surface area contributed by atoms with E-state index in [1.54, 1.807) is 0 Å².